The largest absolute Gasteiger partial charge is 0.0619 e. The molecule has 0 amide bonds. The number of rotatable bonds is 1. The van der Waals surface area contributed by atoms with Crippen LogP contribution in [0.3, 0.4) is 0 Å². The fraction of sp³-hybridized carbons (Fsp3) is 0.0968. The van der Waals surface area contributed by atoms with Gasteiger partial charge in [-0.1, -0.05) is 103 Å². The van der Waals surface area contributed by atoms with Crippen LogP contribution in [0, 0.1) is 0 Å². The van der Waals surface area contributed by atoms with Crippen molar-refractivity contribution in [2.75, 3.05) is 0 Å². The Kier molecular flexibility index (Phi) is 3.57. The molecule has 0 spiro atoms. The molecular formula is C31H21Br. The minimum absolute atomic E-state index is 0.00591. The molecule has 0 nitrogen and oxygen atoms in total. The molecule has 0 unspecified atom stereocenters. The average molecular weight is 473 g/mol. The maximum atomic E-state index is 3.80. The lowest BCUT2D eigenvalue weighted by atomic mass is 9.81. The van der Waals surface area contributed by atoms with Gasteiger partial charge in [-0.2, -0.15) is 0 Å². The average Bonchev–Trinajstić information content (AvgIpc) is 3.04. The first-order valence-corrected chi connectivity index (χ1v) is 11.9. The minimum atomic E-state index is 0.00591. The van der Waals surface area contributed by atoms with Gasteiger partial charge in [-0.25, -0.2) is 0 Å². The summed E-state index contributed by atoms with van der Waals surface area (Å²) >= 11 is 3.80. The first-order valence-electron chi connectivity index (χ1n) is 11.1. The van der Waals surface area contributed by atoms with Crippen molar-refractivity contribution in [2.45, 2.75) is 19.3 Å². The minimum Gasteiger partial charge on any atom is -0.0619 e. The van der Waals surface area contributed by atoms with E-state index in [1.54, 1.807) is 0 Å². The fourth-order valence-electron chi connectivity index (χ4n) is 5.92. The standard InChI is InChI=1S/C31H21Br/c1-31(2)26-12-4-3-9-21(26)22-14-13-18(16-27(22)31)25-15-19-7-6-11-24-28(32)17-20-8-5-10-23(25)29(20)30(19)24/h3-17H,1-2H3. The molecule has 0 radical (unpaired) electrons. The maximum absolute atomic E-state index is 3.80. The monoisotopic (exact) mass is 472 g/mol. The van der Waals surface area contributed by atoms with E-state index in [1.165, 1.54) is 65.7 Å². The van der Waals surface area contributed by atoms with E-state index in [-0.39, 0.29) is 5.41 Å². The zero-order valence-corrected chi connectivity index (χ0v) is 19.6. The van der Waals surface area contributed by atoms with Gasteiger partial charge in [0.2, 0.25) is 0 Å². The molecule has 0 aromatic heterocycles. The van der Waals surface area contributed by atoms with Gasteiger partial charge in [0.05, 0.1) is 0 Å². The number of halogens is 1. The highest BCUT2D eigenvalue weighted by Gasteiger charge is 2.35. The Morgan fingerprint density at radius 2 is 1.25 bits per heavy atom. The Morgan fingerprint density at radius 1 is 0.562 bits per heavy atom. The van der Waals surface area contributed by atoms with Crippen LogP contribution in [-0.4, -0.2) is 0 Å². The van der Waals surface area contributed by atoms with E-state index < -0.39 is 0 Å². The highest BCUT2D eigenvalue weighted by molar-refractivity contribution is 9.10. The predicted molar refractivity (Wildman–Crippen MR) is 141 cm³/mol. The molecule has 6 aromatic rings. The van der Waals surface area contributed by atoms with E-state index in [0.29, 0.717) is 0 Å². The Balaban J connectivity index is 1.57. The molecule has 0 fully saturated rings. The van der Waals surface area contributed by atoms with E-state index in [4.69, 9.17) is 0 Å². The van der Waals surface area contributed by atoms with Gasteiger partial charge in [0.25, 0.3) is 0 Å². The molecule has 0 saturated heterocycles. The Hall–Kier alpha value is -3.16. The third kappa shape index (κ3) is 2.27. The molecule has 0 N–H and O–H groups in total. The van der Waals surface area contributed by atoms with Crippen LogP contribution in [-0.2, 0) is 5.41 Å². The fourth-order valence-corrected chi connectivity index (χ4v) is 6.50. The summed E-state index contributed by atoms with van der Waals surface area (Å²) in [5.41, 5.74) is 8.20. The van der Waals surface area contributed by atoms with Crippen LogP contribution in [0.25, 0.3) is 54.6 Å². The summed E-state index contributed by atoms with van der Waals surface area (Å²) in [4.78, 5) is 0. The van der Waals surface area contributed by atoms with Crippen molar-refractivity contribution in [3.63, 3.8) is 0 Å². The number of fused-ring (bicyclic) bond motifs is 3. The Bertz CT molecular complexity index is 1700. The number of benzene rings is 6. The lowest BCUT2D eigenvalue weighted by molar-refractivity contribution is 0.660. The van der Waals surface area contributed by atoms with E-state index >= 15 is 0 Å². The van der Waals surface area contributed by atoms with Crippen LogP contribution >= 0.6 is 15.9 Å². The molecular weight excluding hydrogens is 452 g/mol. The second kappa shape index (κ2) is 6.21. The van der Waals surface area contributed by atoms with Crippen LogP contribution in [0.1, 0.15) is 25.0 Å². The van der Waals surface area contributed by atoms with Gasteiger partial charge in [0.15, 0.2) is 0 Å². The Labute approximate surface area is 196 Å². The molecule has 1 aliphatic rings. The van der Waals surface area contributed by atoms with E-state index in [0.717, 1.165) is 4.47 Å². The third-order valence-corrected chi connectivity index (χ3v) is 8.12. The molecule has 0 bridgehead atoms. The van der Waals surface area contributed by atoms with Gasteiger partial charge in [-0.3, -0.25) is 0 Å². The topological polar surface area (TPSA) is 0 Å². The van der Waals surface area contributed by atoms with Crippen molar-refractivity contribution >= 4 is 48.2 Å². The van der Waals surface area contributed by atoms with E-state index in [2.05, 4.69) is 121 Å². The quantitative estimate of drug-likeness (QED) is 0.209. The molecule has 0 atom stereocenters. The summed E-state index contributed by atoms with van der Waals surface area (Å²) in [6.45, 7) is 4.70. The van der Waals surface area contributed by atoms with Crippen LogP contribution in [0.5, 0.6) is 0 Å². The van der Waals surface area contributed by atoms with Crippen molar-refractivity contribution in [3.8, 4) is 22.3 Å². The van der Waals surface area contributed by atoms with Crippen molar-refractivity contribution in [2.24, 2.45) is 0 Å². The van der Waals surface area contributed by atoms with Crippen LogP contribution < -0.4 is 0 Å². The maximum Gasteiger partial charge on any atom is 0.0260 e. The lowest BCUT2D eigenvalue weighted by Crippen LogP contribution is -2.14. The molecule has 0 aliphatic heterocycles. The van der Waals surface area contributed by atoms with Gasteiger partial charge >= 0.3 is 0 Å². The zero-order valence-electron chi connectivity index (χ0n) is 18.0. The number of hydrogen-bond acceptors (Lipinski definition) is 0. The third-order valence-electron chi connectivity index (χ3n) is 7.47. The molecule has 0 heterocycles. The van der Waals surface area contributed by atoms with Gasteiger partial charge in [-0.15, -0.1) is 0 Å². The molecule has 1 heteroatoms. The van der Waals surface area contributed by atoms with Gasteiger partial charge in [0, 0.05) is 9.89 Å². The van der Waals surface area contributed by atoms with Crippen LogP contribution in [0.15, 0.2) is 95.5 Å². The first-order chi connectivity index (χ1) is 15.5. The second-order valence-corrected chi connectivity index (χ2v) is 10.4. The molecule has 7 rings (SSSR count). The molecule has 32 heavy (non-hydrogen) atoms. The van der Waals surface area contributed by atoms with E-state index in [1.807, 2.05) is 0 Å². The normalized spacial score (nSPS) is 14.3. The smallest absolute Gasteiger partial charge is 0.0260 e. The zero-order chi connectivity index (χ0) is 21.6. The summed E-state index contributed by atoms with van der Waals surface area (Å²) in [6, 6.07) is 33.9. The summed E-state index contributed by atoms with van der Waals surface area (Å²) in [5, 5.41) is 7.90. The molecule has 152 valence electrons. The van der Waals surface area contributed by atoms with Crippen LogP contribution in [0.2, 0.25) is 0 Å². The summed E-state index contributed by atoms with van der Waals surface area (Å²) < 4.78 is 1.16. The van der Waals surface area contributed by atoms with E-state index in [9.17, 15) is 0 Å². The highest BCUT2D eigenvalue weighted by atomic mass is 79.9. The summed E-state index contributed by atoms with van der Waals surface area (Å²) in [7, 11) is 0. The SMILES string of the molecule is CC1(C)c2ccccc2-c2ccc(-c3cc4cccc5c(Br)cc6cccc3c6c45)cc21. The molecule has 0 saturated carbocycles. The first kappa shape index (κ1) is 18.4. The summed E-state index contributed by atoms with van der Waals surface area (Å²) in [5.74, 6) is 0. The van der Waals surface area contributed by atoms with Crippen molar-refractivity contribution in [1.29, 1.82) is 0 Å². The van der Waals surface area contributed by atoms with Gasteiger partial charge in [-0.05, 0) is 83.9 Å². The lowest BCUT2D eigenvalue weighted by Gasteiger charge is -2.22. The summed E-state index contributed by atoms with van der Waals surface area (Å²) in [6.07, 6.45) is 0. The number of hydrogen-bond donors (Lipinski definition) is 0. The molecule has 6 aromatic carbocycles. The molecule has 1 aliphatic carbocycles. The van der Waals surface area contributed by atoms with Crippen molar-refractivity contribution in [1.82, 2.24) is 0 Å². The van der Waals surface area contributed by atoms with Gasteiger partial charge in [0.1, 0.15) is 0 Å². The van der Waals surface area contributed by atoms with Crippen LogP contribution in [0.4, 0.5) is 0 Å². The van der Waals surface area contributed by atoms with Crippen molar-refractivity contribution < 1.29 is 0 Å². The predicted octanol–water partition coefficient (Wildman–Crippen LogP) is 9.32. The van der Waals surface area contributed by atoms with Gasteiger partial charge < -0.3 is 0 Å². The second-order valence-electron chi connectivity index (χ2n) is 9.52. The Morgan fingerprint density at radius 3 is 2.09 bits per heavy atom. The highest BCUT2D eigenvalue weighted by Crippen LogP contribution is 2.50. The van der Waals surface area contributed by atoms with Crippen molar-refractivity contribution in [3.05, 3.63) is 107 Å².